The van der Waals surface area contributed by atoms with E-state index in [1.54, 1.807) is 6.08 Å². The second-order valence-corrected chi connectivity index (χ2v) is 6.41. The topological polar surface area (TPSA) is 92.4 Å². The zero-order chi connectivity index (χ0) is 17.4. The summed E-state index contributed by atoms with van der Waals surface area (Å²) in [5.74, 6) is 0.352. The number of hydrogen-bond acceptors (Lipinski definition) is 4. The summed E-state index contributed by atoms with van der Waals surface area (Å²) < 4.78 is 5.80. The maximum Gasteiger partial charge on any atom is 0.303 e. The molecule has 1 aliphatic carbocycles. The number of nitrogens with one attached hydrogen (secondary N) is 1. The second kappa shape index (κ2) is 6.20. The Morgan fingerprint density at radius 2 is 2.16 bits per heavy atom. The lowest BCUT2D eigenvalue weighted by Crippen LogP contribution is -2.03. The molecule has 128 valence electrons. The van der Waals surface area contributed by atoms with E-state index in [0.29, 0.717) is 17.9 Å². The third-order valence-corrected chi connectivity index (χ3v) is 4.62. The maximum absolute atomic E-state index is 12.3. The molecule has 2 heterocycles. The fourth-order valence-electron chi connectivity index (χ4n) is 3.34. The van der Waals surface area contributed by atoms with E-state index in [2.05, 4.69) is 10.3 Å². The summed E-state index contributed by atoms with van der Waals surface area (Å²) in [6.07, 6.45) is 6.21. The van der Waals surface area contributed by atoms with Crippen LogP contribution in [0.15, 0.2) is 22.6 Å². The summed E-state index contributed by atoms with van der Waals surface area (Å²) in [6, 6.07) is 5.52. The van der Waals surface area contributed by atoms with Crippen LogP contribution in [0.1, 0.15) is 47.7 Å². The maximum atomic E-state index is 12.3. The van der Waals surface area contributed by atoms with Gasteiger partial charge in [0.15, 0.2) is 0 Å². The van der Waals surface area contributed by atoms with E-state index in [-0.39, 0.29) is 12.3 Å². The van der Waals surface area contributed by atoms with Crippen molar-refractivity contribution >= 4 is 29.2 Å². The zero-order valence-corrected chi connectivity index (χ0v) is 13.7. The van der Waals surface area contributed by atoms with Gasteiger partial charge in [-0.15, -0.1) is 0 Å². The molecule has 25 heavy (non-hydrogen) atoms. The van der Waals surface area contributed by atoms with E-state index in [1.807, 2.05) is 18.2 Å². The fraction of sp³-hybridized carbons (Fsp3) is 0.316. The van der Waals surface area contributed by atoms with Crippen molar-refractivity contribution in [2.75, 3.05) is 5.32 Å². The van der Waals surface area contributed by atoms with Crippen LogP contribution in [0.25, 0.3) is 11.6 Å². The average Bonchev–Trinajstić information content (AvgIpc) is 3.14. The Morgan fingerprint density at radius 1 is 1.32 bits per heavy atom. The van der Waals surface area contributed by atoms with E-state index in [0.717, 1.165) is 54.0 Å². The standard InChI is InChI=1S/C19H18N2O4/c22-18(23)8-6-11-5-7-14-12(9-11)13(19(24)21-14)10-17-20-15-3-1-2-4-16(15)25-17/h5,7,9-10H,1-4,6,8H2,(H,21,24)(H,22,23). The van der Waals surface area contributed by atoms with Crippen LogP contribution in [-0.2, 0) is 28.9 Å². The Morgan fingerprint density at radius 3 is 2.96 bits per heavy atom. The molecule has 1 aliphatic heterocycles. The van der Waals surface area contributed by atoms with Gasteiger partial charge in [-0.2, -0.15) is 0 Å². The molecule has 2 aliphatic rings. The minimum atomic E-state index is -0.837. The van der Waals surface area contributed by atoms with Crippen molar-refractivity contribution in [2.45, 2.75) is 38.5 Å². The number of fused-ring (bicyclic) bond motifs is 2. The Labute approximate surface area is 144 Å². The Bertz CT molecular complexity index is 871. The third kappa shape index (κ3) is 3.07. The number of amides is 1. The van der Waals surface area contributed by atoms with E-state index in [9.17, 15) is 9.59 Å². The molecular weight excluding hydrogens is 320 g/mol. The Balaban J connectivity index is 1.67. The van der Waals surface area contributed by atoms with Crippen molar-refractivity contribution in [3.63, 3.8) is 0 Å². The summed E-state index contributed by atoms with van der Waals surface area (Å²) in [6.45, 7) is 0. The molecule has 0 bridgehead atoms. The molecule has 6 nitrogen and oxygen atoms in total. The first kappa shape index (κ1) is 15.6. The number of hydrogen-bond donors (Lipinski definition) is 2. The lowest BCUT2D eigenvalue weighted by atomic mass is 10.0. The van der Waals surface area contributed by atoms with Crippen LogP contribution in [0.4, 0.5) is 5.69 Å². The van der Waals surface area contributed by atoms with Gasteiger partial charge in [0, 0.05) is 30.2 Å². The fourth-order valence-corrected chi connectivity index (χ4v) is 3.34. The number of carbonyl (C=O) groups excluding carboxylic acids is 1. The van der Waals surface area contributed by atoms with Crippen molar-refractivity contribution in [1.29, 1.82) is 0 Å². The Hall–Kier alpha value is -2.89. The number of anilines is 1. The zero-order valence-electron chi connectivity index (χ0n) is 13.7. The van der Waals surface area contributed by atoms with Crippen LogP contribution in [0.5, 0.6) is 0 Å². The van der Waals surface area contributed by atoms with Crippen molar-refractivity contribution < 1.29 is 19.1 Å². The number of carboxylic acids is 1. The highest BCUT2D eigenvalue weighted by atomic mass is 16.4. The molecule has 6 heteroatoms. The number of rotatable bonds is 4. The summed E-state index contributed by atoms with van der Waals surface area (Å²) in [5, 5.41) is 11.7. The first-order valence-electron chi connectivity index (χ1n) is 8.47. The van der Waals surface area contributed by atoms with E-state index in [1.165, 1.54) is 0 Å². The molecule has 0 radical (unpaired) electrons. The van der Waals surface area contributed by atoms with E-state index in [4.69, 9.17) is 9.52 Å². The van der Waals surface area contributed by atoms with Crippen molar-refractivity contribution in [3.8, 4) is 0 Å². The normalized spacial score (nSPS) is 17.3. The minimum absolute atomic E-state index is 0.0612. The smallest absolute Gasteiger partial charge is 0.303 e. The molecule has 0 saturated heterocycles. The minimum Gasteiger partial charge on any atom is -0.481 e. The highest BCUT2D eigenvalue weighted by Crippen LogP contribution is 2.34. The van der Waals surface area contributed by atoms with Crippen LogP contribution in [0.2, 0.25) is 0 Å². The number of carboxylic acid groups (broad SMARTS) is 1. The van der Waals surface area contributed by atoms with Gasteiger partial charge in [0.25, 0.3) is 5.91 Å². The van der Waals surface area contributed by atoms with Crippen molar-refractivity contribution in [3.05, 3.63) is 46.7 Å². The molecule has 2 aromatic rings. The molecule has 0 atom stereocenters. The van der Waals surface area contributed by atoms with Gasteiger partial charge in [-0.3, -0.25) is 9.59 Å². The van der Waals surface area contributed by atoms with Gasteiger partial charge < -0.3 is 14.8 Å². The summed E-state index contributed by atoms with van der Waals surface area (Å²) >= 11 is 0. The molecule has 1 aromatic carbocycles. The first-order valence-corrected chi connectivity index (χ1v) is 8.47. The number of aryl methyl sites for hydroxylation is 3. The number of nitrogens with zero attached hydrogens (tertiary/aromatic N) is 1. The molecule has 1 aromatic heterocycles. The molecular formula is C19H18N2O4. The molecule has 4 rings (SSSR count). The van der Waals surface area contributed by atoms with Gasteiger partial charge >= 0.3 is 5.97 Å². The number of benzene rings is 1. The number of aromatic nitrogens is 1. The number of oxazole rings is 1. The van der Waals surface area contributed by atoms with E-state index >= 15 is 0 Å². The SMILES string of the molecule is O=C(O)CCc1ccc2c(c1)C(=Cc1nc3c(o1)CCCC3)C(=O)N2. The van der Waals surface area contributed by atoms with Gasteiger partial charge in [-0.1, -0.05) is 6.07 Å². The number of aliphatic carboxylic acids is 1. The van der Waals surface area contributed by atoms with Crippen LogP contribution < -0.4 is 5.32 Å². The predicted molar refractivity (Wildman–Crippen MR) is 92.0 cm³/mol. The predicted octanol–water partition coefficient (Wildman–Crippen LogP) is 3.06. The summed E-state index contributed by atoms with van der Waals surface area (Å²) in [4.78, 5) is 27.6. The van der Waals surface area contributed by atoms with Crippen LogP contribution in [0.3, 0.4) is 0 Å². The highest BCUT2D eigenvalue weighted by Gasteiger charge is 2.26. The van der Waals surface area contributed by atoms with Gasteiger partial charge in [0.05, 0.1) is 11.3 Å². The Kier molecular flexibility index (Phi) is 3.87. The van der Waals surface area contributed by atoms with Gasteiger partial charge in [0.1, 0.15) is 5.76 Å². The second-order valence-electron chi connectivity index (χ2n) is 6.41. The first-order chi connectivity index (χ1) is 12.1. The van der Waals surface area contributed by atoms with Gasteiger partial charge in [-0.05, 0) is 43.4 Å². The molecule has 0 fully saturated rings. The van der Waals surface area contributed by atoms with Gasteiger partial charge in [0.2, 0.25) is 5.89 Å². The van der Waals surface area contributed by atoms with Crippen LogP contribution in [0, 0.1) is 0 Å². The summed E-state index contributed by atoms with van der Waals surface area (Å²) in [7, 11) is 0. The lowest BCUT2D eigenvalue weighted by Gasteiger charge is -2.05. The molecule has 0 spiro atoms. The average molecular weight is 338 g/mol. The van der Waals surface area contributed by atoms with Crippen molar-refractivity contribution in [2.24, 2.45) is 0 Å². The van der Waals surface area contributed by atoms with Crippen molar-refractivity contribution in [1.82, 2.24) is 4.98 Å². The van der Waals surface area contributed by atoms with E-state index < -0.39 is 5.97 Å². The monoisotopic (exact) mass is 338 g/mol. The molecule has 0 unspecified atom stereocenters. The number of carbonyl (C=O) groups is 2. The third-order valence-electron chi connectivity index (χ3n) is 4.62. The largest absolute Gasteiger partial charge is 0.481 e. The van der Waals surface area contributed by atoms with Gasteiger partial charge in [-0.25, -0.2) is 4.98 Å². The summed E-state index contributed by atoms with van der Waals surface area (Å²) in [5.41, 5.74) is 3.88. The molecule has 1 amide bonds. The lowest BCUT2D eigenvalue weighted by molar-refractivity contribution is -0.137. The van der Waals surface area contributed by atoms with Crippen LogP contribution >= 0.6 is 0 Å². The quantitative estimate of drug-likeness (QED) is 0.836. The molecule has 2 N–H and O–H groups in total. The van der Waals surface area contributed by atoms with Crippen LogP contribution in [-0.4, -0.2) is 22.0 Å². The molecule has 0 saturated carbocycles. The highest BCUT2D eigenvalue weighted by molar-refractivity contribution is 6.34.